The van der Waals surface area contributed by atoms with Gasteiger partial charge in [0.2, 0.25) is 0 Å². The van der Waals surface area contributed by atoms with Crippen molar-refractivity contribution in [3.63, 3.8) is 0 Å². The van der Waals surface area contributed by atoms with E-state index < -0.39 is 0 Å². The van der Waals surface area contributed by atoms with Gasteiger partial charge in [0.05, 0.1) is 0 Å². The maximum atomic E-state index is 10.9. The molecule has 0 saturated carbocycles. The fourth-order valence-electron chi connectivity index (χ4n) is 4.18. The van der Waals surface area contributed by atoms with Crippen LogP contribution in [-0.4, -0.2) is 11.7 Å². The van der Waals surface area contributed by atoms with Crippen LogP contribution in [0.15, 0.2) is 97.1 Å². The monoisotopic (exact) mass is 410 g/mol. The van der Waals surface area contributed by atoms with Crippen LogP contribution in [0.5, 0.6) is 5.75 Å². The Morgan fingerprint density at radius 3 is 2.03 bits per heavy atom. The molecule has 158 valence electrons. The Morgan fingerprint density at radius 2 is 1.32 bits per heavy atom. The number of benzene rings is 4. The van der Waals surface area contributed by atoms with Gasteiger partial charge in [-0.1, -0.05) is 97.9 Å². The molecule has 0 aromatic heterocycles. The maximum absolute atomic E-state index is 10.9. The van der Waals surface area contributed by atoms with Crippen LogP contribution in [0, 0.1) is 5.92 Å². The standard InChI is InChI=1S/C28H30N2O/c1-21(18-29-19-22-10-4-2-5-11-22)28(30-20-23-12-6-3-7-13-23)27-25-15-9-8-14-24(25)16-17-26(27)31/h2-17,21,28-31H,18-20H2,1H3/t21-,28+/m1/s1. The van der Waals surface area contributed by atoms with E-state index in [1.54, 1.807) is 0 Å². The molecule has 0 aliphatic rings. The van der Waals surface area contributed by atoms with E-state index in [0.717, 1.165) is 36.0 Å². The van der Waals surface area contributed by atoms with Crippen LogP contribution in [0.1, 0.15) is 29.7 Å². The van der Waals surface area contributed by atoms with Gasteiger partial charge >= 0.3 is 0 Å². The second kappa shape index (κ2) is 10.3. The summed E-state index contributed by atoms with van der Waals surface area (Å²) in [5.41, 5.74) is 3.48. The smallest absolute Gasteiger partial charge is 0.121 e. The molecular weight excluding hydrogens is 380 g/mol. The van der Waals surface area contributed by atoms with E-state index in [1.807, 2.05) is 36.4 Å². The van der Waals surface area contributed by atoms with Gasteiger partial charge in [0.15, 0.2) is 0 Å². The number of nitrogens with one attached hydrogen (secondary N) is 2. The molecule has 4 aromatic rings. The number of fused-ring (bicyclic) bond motifs is 1. The highest BCUT2D eigenvalue weighted by molar-refractivity contribution is 5.88. The number of hydrogen-bond donors (Lipinski definition) is 3. The summed E-state index contributed by atoms with van der Waals surface area (Å²) in [7, 11) is 0. The van der Waals surface area contributed by atoms with Crippen molar-refractivity contribution in [1.82, 2.24) is 10.6 Å². The summed E-state index contributed by atoms with van der Waals surface area (Å²) in [6.45, 7) is 4.65. The molecule has 2 atom stereocenters. The van der Waals surface area contributed by atoms with Gasteiger partial charge in [-0.05, 0) is 40.4 Å². The summed E-state index contributed by atoms with van der Waals surface area (Å²) < 4.78 is 0. The van der Waals surface area contributed by atoms with Crippen LogP contribution >= 0.6 is 0 Å². The first-order valence-corrected chi connectivity index (χ1v) is 10.9. The zero-order valence-electron chi connectivity index (χ0n) is 18.0. The molecule has 0 aliphatic heterocycles. The Labute approximate surface area is 184 Å². The molecule has 0 unspecified atom stereocenters. The van der Waals surface area contributed by atoms with E-state index in [2.05, 4.69) is 78.2 Å². The molecular formula is C28H30N2O. The number of aromatic hydroxyl groups is 1. The summed E-state index contributed by atoms with van der Waals surface area (Å²) >= 11 is 0. The van der Waals surface area contributed by atoms with Gasteiger partial charge in [-0.3, -0.25) is 0 Å². The number of phenols is 1. The molecule has 0 amide bonds. The molecule has 3 heteroatoms. The summed E-state index contributed by atoms with van der Waals surface area (Å²) in [4.78, 5) is 0. The highest BCUT2D eigenvalue weighted by Crippen LogP contribution is 2.36. The average molecular weight is 411 g/mol. The Morgan fingerprint density at radius 1 is 0.710 bits per heavy atom. The summed E-state index contributed by atoms with van der Waals surface area (Å²) in [6.07, 6.45) is 0. The van der Waals surface area contributed by atoms with Crippen LogP contribution in [0.3, 0.4) is 0 Å². The molecule has 0 radical (unpaired) electrons. The third-order valence-corrected chi connectivity index (χ3v) is 5.83. The van der Waals surface area contributed by atoms with Crippen LogP contribution in [0.4, 0.5) is 0 Å². The molecule has 3 nitrogen and oxygen atoms in total. The predicted octanol–water partition coefficient (Wildman–Crippen LogP) is 5.80. The van der Waals surface area contributed by atoms with Gasteiger partial charge in [0, 0.05) is 24.7 Å². The van der Waals surface area contributed by atoms with Crippen molar-refractivity contribution in [2.24, 2.45) is 5.92 Å². The lowest BCUT2D eigenvalue weighted by molar-refractivity contribution is 0.354. The third-order valence-electron chi connectivity index (χ3n) is 5.83. The first-order valence-electron chi connectivity index (χ1n) is 10.9. The second-order valence-corrected chi connectivity index (χ2v) is 8.16. The molecule has 0 heterocycles. The Kier molecular flexibility index (Phi) is 6.98. The zero-order valence-corrected chi connectivity index (χ0v) is 18.0. The lowest BCUT2D eigenvalue weighted by Gasteiger charge is -2.28. The van der Waals surface area contributed by atoms with Crippen molar-refractivity contribution >= 4 is 10.8 Å². The molecule has 0 saturated heterocycles. The van der Waals surface area contributed by atoms with Crippen LogP contribution < -0.4 is 10.6 Å². The minimum absolute atomic E-state index is 0.00887. The van der Waals surface area contributed by atoms with Crippen molar-refractivity contribution in [2.45, 2.75) is 26.1 Å². The molecule has 31 heavy (non-hydrogen) atoms. The fraction of sp³-hybridized carbons (Fsp3) is 0.214. The average Bonchev–Trinajstić information content (AvgIpc) is 2.82. The molecule has 3 N–H and O–H groups in total. The van der Waals surface area contributed by atoms with Gasteiger partial charge in [0.25, 0.3) is 0 Å². The number of rotatable bonds is 9. The largest absolute Gasteiger partial charge is 0.508 e. The number of hydrogen-bond acceptors (Lipinski definition) is 3. The normalized spacial score (nSPS) is 13.2. The molecule has 0 fully saturated rings. The maximum Gasteiger partial charge on any atom is 0.121 e. The SMILES string of the molecule is C[C@H](CNCc1ccccc1)[C@H](NCc1ccccc1)c1c(O)ccc2ccccc12. The molecule has 0 spiro atoms. The lowest BCUT2D eigenvalue weighted by Crippen LogP contribution is -2.33. The van der Waals surface area contributed by atoms with Crippen LogP contribution in [-0.2, 0) is 13.1 Å². The van der Waals surface area contributed by atoms with Crippen molar-refractivity contribution in [3.8, 4) is 5.75 Å². The van der Waals surface area contributed by atoms with Crippen LogP contribution in [0.2, 0.25) is 0 Å². The summed E-state index contributed by atoms with van der Waals surface area (Å²) in [5, 5.41) is 20.4. The van der Waals surface area contributed by atoms with Gasteiger partial charge < -0.3 is 15.7 Å². The minimum Gasteiger partial charge on any atom is -0.508 e. The first-order chi connectivity index (χ1) is 15.2. The number of phenolic OH excluding ortho intramolecular Hbond substituents is 1. The lowest BCUT2D eigenvalue weighted by atomic mass is 9.89. The fourth-order valence-corrected chi connectivity index (χ4v) is 4.18. The quantitative estimate of drug-likeness (QED) is 0.327. The Balaban J connectivity index is 1.57. The molecule has 0 aliphatic carbocycles. The summed E-state index contributed by atoms with van der Waals surface area (Å²) in [6, 6.07) is 33.0. The Hall–Kier alpha value is -3.14. The van der Waals surface area contributed by atoms with Crippen molar-refractivity contribution in [2.75, 3.05) is 6.54 Å². The van der Waals surface area contributed by atoms with Crippen LogP contribution in [0.25, 0.3) is 10.8 Å². The molecule has 4 rings (SSSR count). The predicted molar refractivity (Wildman–Crippen MR) is 129 cm³/mol. The van der Waals surface area contributed by atoms with E-state index in [4.69, 9.17) is 0 Å². The molecule has 0 bridgehead atoms. The second-order valence-electron chi connectivity index (χ2n) is 8.16. The van der Waals surface area contributed by atoms with Gasteiger partial charge in [-0.15, -0.1) is 0 Å². The highest BCUT2D eigenvalue weighted by atomic mass is 16.3. The minimum atomic E-state index is 0.00887. The van der Waals surface area contributed by atoms with E-state index in [-0.39, 0.29) is 12.0 Å². The summed E-state index contributed by atoms with van der Waals surface area (Å²) in [5.74, 6) is 0.614. The highest BCUT2D eigenvalue weighted by Gasteiger charge is 2.24. The third kappa shape index (κ3) is 5.32. The van der Waals surface area contributed by atoms with E-state index >= 15 is 0 Å². The Bertz CT molecular complexity index is 1100. The van der Waals surface area contributed by atoms with Gasteiger partial charge in [-0.2, -0.15) is 0 Å². The molecule has 4 aromatic carbocycles. The van der Waals surface area contributed by atoms with E-state index in [0.29, 0.717) is 5.75 Å². The van der Waals surface area contributed by atoms with Gasteiger partial charge in [-0.25, -0.2) is 0 Å². The topological polar surface area (TPSA) is 44.3 Å². The first kappa shape index (κ1) is 21.1. The van der Waals surface area contributed by atoms with E-state index in [9.17, 15) is 5.11 Å². The van der Waals surface area contributed by atoms with Crippen molar-refractivity contribution < 1.29 is 5.11 Å². The zero-order chi connectivity index (χ0) is 21.5. The van der Waals surface area contributed by atoms with E-state index in [1.165, 1.54) is 11.1 Å². The van der Waals surface area contributed by atoms with Crippen molar-refractivity contribution in [1.29, 1.82) is 0 Å². The van der Waals surface area contributed by atoms with Crippen molar-refractivity contribution in [3.05, 3.63) is 114 Å². The van der Waals surface area contributed by atoms with Gasteiger partial charge in [0.1, 0.15) is 5.75 Å².